The predicted molar refractivity (Wildman–Crippen MR) is 74.6 cm³/mol. The highest BCUT2D eigenvalue weighted by molar-refractivity contribution is 7.89. The van der Waals surface area contributed by atoms with Gasteiger partial charge in [-0.1, -0.05) is 0 Å². The second kappa shape index (κ2) is 5.22. The summed E-state index contributed by atoms with van der Waals surface area (Å²) in [6.45, 7) is 1.45. The summed E-state index contributed by atoms with van der Waals surface area (Å²) in [5, 5.41) is 6.81. The minimum absolute atomic E-state index is 0.0527. The number of sulfonamides is 1. The molecule has 2 rings (SSSR count). The molecule has 8 heteroatoms. The Morgan fingerprint density at radius 2 is 1.95 bits per heavy atom. The number of nitrogens with zero attached hydrogens (tertiary/aromatic N) is 1. The highest BCUT2D eigenvalue weighted by Gasteiger charge is 2.37. The quantitative estimate of drug-likeness (QED) is 0.820. The van der Waals surface area contributed by atoms with Gasteiger partial charge >= 0.3 is 0 Å². The lowest BCUT2D eigenvalue weighted by molar-refractivity contribution is -0.117. The van der Waals surface area contributed by atoms with Gasteiger partial charge in [-0.2, -0.15) is 0 Å². The Hall–Kier alpha value is -1.93. The van der Waals surface area contributed by atoms with Crippen LogP contribution in [0, 0.1) is 0 Å². The van der Waals surface area contributed by atoms with E-state index < -0.39 is 15.3 Å². The van der Waals surface area contributed by atoms with Crippen molar-refractivity contribution in [3.63, 3.8) is 0 Å². The molecule has 1 aliphatic rings. The van der Waals surface area contributed by atoms with Crippen molar-refractivity contribution in [3.8, 4) is 0 Å². The number of hydrogen-bond acceptors (Lipinski definition) is 4. The van der Waals surface area contributed by atoms with E-state index in [1.165, 1.54) is 11.8 Å². The number of benzene rings is 1. The average Bonchev–Trinajstić information content (AvgIpc) is 2.71. The fourth-order valence-corrected chi connectivity index (χ4v) is 2.80. The molecule has 108 valence electrons. The summed E-state index contributed by atoms with van der Waals surface area (Å²) in [5.74, 6) is -0.472. The lowest BCUT2D eigenvalue weighted by atomic mass is 10.2. The first kappa shape index (κ1) is 14.5. The number of primary sulfonamides is 1. The maximum absolute atomic E-state index is 11.8. The second-order valence-electron chi connectivity index (χ2n) is 4.65. The molecule has 1 heterocycles. The number of nitrogens with one attached hydrogen (secondary N) is 1. The van der Waals surface area contributed by atoms with E-state index in [-0.39, 0.29) is 24.8 Å². The fraction of sp³-hybridized carbons (Fsp3) is 0.333. The minimum atomic E-state index is -3.72. The topological polar surface area (TPSA) is 110 Å². The number of anilines is 2. The summed E-state index contributed by atoms with van der Waals surface area (Å²) in [6, 6.07) is 6.59. The first-order valence-corrected chi connectivity index (χ1v) is 7.58. The lowest BCUT2D eigenvalue weighted by Crippen LogP contribution is -2.32. The standard InChI is InChI=1S/C12H15N3O4S/c1-8(16)14-9-2-4-10(5-3-9)15-7-11(6-12(15)17)20(13,18)19/h2-5,11H,6-7H2,1H3,(H,14,16)(H2,13,18,19). The van der Waals surface area contributed by atoms with Gasteiger partial charge in [0.25, 0.3) is 0 Å². The van der Waals surface area contributed by atoms with E-state index in [0.717, 1.165) is 0 Å². The summed E-state index contributed by atoms with van der Waals surface area (Å²) in [5.41, 5.74) is 1.19. The van der Waals surface area contributed by atoms with Crippen molar-refractivity contribution in [1.82, 2.24) is 0 Å². The molecule has 0 spiro atoms. The summed E-state index contributed by atoms with van der Waals surface area (Å²) in [7, 11) is -3.72. The summed E-state index contributed by atoms with van der Waals surface area (Å²) in [4.78, 5) is 24.1. The number of carbonyl (C=O) groups excluding carboxylic acids is 2. The van der Waals surface area contributed by atoms with E-state index in [1.54, 1.807) is 24.3 Å². The Kier molecular flexibility index (Phi) is 3.78. The van der Waals surface area contributed by atoms with Crippen LogP contribution in [-0.4, -0.2) is 32.0 Å². The number of carbonyl (C=O) groups is 2. The van der Waals surface area contributed by atoms with Crippen LogP contribution in [0.4, 0.5) is 11.4 Å². The molecule has 1 aromatic carbocycles. The van der Waals surface area contributed by atoms with Gasteiger partial charge in [0.2, 0.25) is 21.8 Å². The smallest absolute Gasteiger partial charge is 0.228 e. The number of rotatable bonds is 3. The third-order valence-electron chi connectivity index (χ3n) is 3.05. The van der Waals surface area contributed by atoms with Gasteiger partial charge in [0, 0.05) is 31.3 Å². The molecular formula is C12H15N3O4S. The Balaban J connectivity index is 2.16. The summed E-state index contributed by atoms with van der Waals surface area (Å²) in [6.07, 6.45) is -0.105. The van der Waals surface area contributed by atoms with Crippen LogP contribution in [-0.2, 0) is 19.6 Å². The lowest BCUT2D eigenvalue weighted by Gasteiger charge is -2.16. The van der Waals surface area contributed by atoms with Crippen molar-refractivity contribution in [2.75, 3.05) is 16.8 Å². The van der Waals surface area contributed by atoms with E-state index >= 15 is 0 Å². The van der Waals surface area contributed by atoms with E-state index in [9.17, 15) is 18.0 Å². The van der Waals surface area contributed by atoms with Gasteiger partial charge in [-0.3, -0.25) is 9.59 Å². The van der Waals surface area contributed by atoms with Crippen LogP contribution in [0.25, 0.3) is 0 Å². The maximum Gasteiger partial charge on any atom is 0.228 e. The molecule has 20 heavy (non-hydrogen) atoms. The molecule has 0 aliphatic carbocycles. The first-order chi connectivity index (χ1) is 9.27. The first-order valence-electron chi connectivity index (χ1n) is 5.97. The van der Waals surface area contributed by atoms with E-state index in [4.69, 9.17) is 5.14 Å². The highest BCUT2D eigenvalue weighted by Crippen LogP contribution is 2.25. The van der Waals surface area contributed by atoms with Crippen LogP contribution in [0.2, 0.25) is 0 Å². The Morgan fingerprint density at radius 3 is 2.40 bits per heavy atom. The van der Waals surface area contributed by atoms with Gasteiger partial charge in [-0.15, -0.1) is 0 Å². The molecule has 0 bridgehead atoms. The zero-order valence-corrected chi connectivity index (χ0v) is 11.7. The average molecular weight is 297 g/mol. The van der Waals surface area contributed by atoms with Crippen molar-refractivity contribution in [2.24, 2.45) is 5.14 Å². The van der Waals surface area contributed by atoms with Gasteiger partial charge in [0.1, 0.15) is 5.25 Å². The van der Waals surface area contributed by atoms with Gasteiger partial charge in [0.15, 0.2) is 0 Å². The molecule has 0 aromatic heterocycles. The van der Waals surface area contributed by atoms with E-state index in [0.29, 0.717) is 11.4 Å². The third kappa shape index (κ3) is 3.14. The second-order valence-corrected chi connectivity index (χ2v) is 6.49. The van der Waals surface area contributed by atoms with Crippen LogP contribution in [0.1, 0.15) is 13.3 Å². The van der Waals surface area contributed by atoms with Gasteiger partial charge in [0.05, 0.1) is 0 Å². The maximum atomic E-state index is 11.8. The van der Waals surface area contributed by atoms with Gasteiger partial charge in [-0.25, -0.2) is 13.6 Å². The zero-order chi connectivity index (χ0) is 14.9. The van der Waals surface area contributed by atoms with Gasteiger partial charge < -0.3 is 10.2 Å². The van der Waals surface area contributed by atoms with Gasteiger partial charge in [-0.05, 0) is 24.3 Å². The molecule has 1 atom stereocenters. The van der Waals surface area contributed by atoms with Crippen LogP contribution < -0.4 is 15.4 Å². The monoisotopic (exact) mass is 297 g/mol. The number of nitrogens with two attached hydrogens (primary N) is 1. The fourth-order valence-electron chi connectivity index (χ4n) is 2.07. The SMILES string of the molecule is CC(=O)Nc1ccc(N2CC(S(N)(=O)=O)CC2=O)cc1. The third-order valence-corrected chi connectivity index (χ3v) is 4.30. The number of amides is 2. The van der Waals surface area contributed by atoms with Crippen LogP contribution in [0.3, 0.4) is 0 Å². The van der Waals surface area contributed by atoms with Crippen molar-refractivity contribution >= 4 is 33.2 Å². The summed E-state index contributed by atoms with van der Waals surface area (Å²) < 4.78 is 22.6. The zero-order valence-electron chi connectivity index (χ0n) is 10.9. The molecule has 1 saturated heterocycles. The largest absolute Gasteiger partial charge is 0.326 e. The van der Waals surface area contributed by atoms with Crippen molar-refractivity contribution < 1.29 is 18.0 Å². The molecule has 0 radical (unpaired) electrons. The van der Waals surface area contributed by atoms with Crippen LogP contribution in [0.15, 0.2) is 24.3 Å². The molecule has 3 N–H and O–H groups in total. The Bertz CT molecular complexity index is 639. The molecule has 2 amide bonds. The van der Waals surface area contributed by atoms with E-state index in [1.807, 2.05) is 0 Å². The molecule has 0 saturated carbocycles. The molecule has 1 aromatic rings. The Labute approximate surface area is 116 Å². The molecule has 1 fully saturated rings. The predicted octanol–water partition coefficient (Wildman–Crippen LogP) is 0.0388. The van der Waals surface area contributed by atoms with E-state index in [2.05, 4.69) is 5.32 Å². The van der Waals surface area contributed by atoms with Crippen molar-refractivity contribution in [1.29, 1.82) is 0 Å². The summed E-state index contributed by atoms with van der Waals surface area (Å²) >= 11 is 0. The Morgan fingerprint density at radius 1 is 1.35 bits per heavy atom. The van der Waals surface area contributed by atoms with Crippen molar-refractivity contribution in [2.45, 2.75) is 18.6 Å². The molecule has 1 unspecified atom stereocenters. The molecule has 1 aliphatic heterocycles. The van der Waals surface area contributed by atoms with Crippen LogP contribution in [0.5, 0.6) is 0 Å². The minimum Gasteiger partial charge on any atom is -0.326 e. The molecule has 7 nitrogen and oxygen atoms in total. The van der Waals surface area contributed by atoms with Crippen molar-refractivity contribution in [3.05, 3.63) is 24.3 Å². The normalized spacial score (nSPS) is 19.2. The number of hydrogen-bond donors (Lipinski definition) is 2. The highest BCUT2D eigenvalue weighted by atomic mass is 32.2. The van der Waals surface area contributed by atoms with Crippen LogP contribution >= 0.6 is 0 Å². The molecular weight excluding hydrogens is 282 g/mol.